The first-order valence-electron chi connectivity index (χ1n) is 13.0. The molecule has 0 aromatic heterocycles. The van der Waals surface area contributed by atoms with Crippen LogP contribution in [0.15, 0.2) is 42.5 Å². The minimum atomic E-state index is -0.322. The van der Waals surface area contributed by atoms with E-state index in [-0.39, 0.29) is 30.9 Å². The number of hydrogen-bond acceptors (Lipinski definition) is 7. The molecule has 0 radical (unpaired) electrons. The number of likely N-dealkylation sites (tertiary alicyclic amines) is 2. The number of phenolic OH excluding ortho intramolecular Hbond substituents is 1. The van der Waals surface area contributed by atoms with Gasteiger partial charge in [0.15, 0.2) is 17.6 Å². The number of benzene rings is 2. The highest BCUT2D eigenvalue weighted by Crippen LogP contribution is 2.31. The molecule has 1 N–H and O–H groups in total. The van der Waals surface area contributed by atoms with E-state index in [1.165, 1.54) is 45.2 Å². The highest BCUT2D eigenvalue weighted by atomic mass is 16.6. The molecule has 1 unspecified atom stereocenters. The fourth-order valence-corrected chi connectivity index (χ4v) is 5.39. The van der Waals surface area contributed by atoms with E-state index >= 15 is 0 Å². The van der Waals surface area contributed by atoms with Gasteiger partial charge in [-0.1, -0.05) is 30.7 Å². The Labute approximate surface area is 207 Å². The molecule has 2 fully saturated rings. The van der Waals surface area contributed by atoms with Crippen LogP contribution in [0.2, 0.25) is 0 Å². The Kier molecular flexibility index (Phi) is 7.74. The van der Waals surface area contributed by atoms with E-state index in [0.29, 0.717) is 30.7 Å². The maximum atomic E-state index is 12.5. The van der Waals surface area contributed by atoms with E-state index in [0.717, 1.165) is 24.2 Å². The van der Waals surface area contributed by atoms with Crippen LogP contribution in [0.4, 0.5) is 0 Å². The fraction of sp³-hybridized carbons (Fsp3) is 0.536. The van der Waals surface area contributed by atoms with Crippen LogP contribution in [0.25, 0.3) is 0 Å². The van der Waals surface area contributed by atoms with Gasteiger partial charge in [0, 0.05) is 18.2 Å². The predicted molar refractivity (Wildman–Crippen MR) is 133 cm³/mol. The number of aromatic hydroxyl groups is 1. The maximum absolute atomic E-state index is 12.5. The molecule has 7 nitrogen and oxygen atoms in total. The van der Waals surface area contributed by atoms with Crippen molar-refractivity contribution in [3.05, 3.63) is 53.6 Å². The van der Waals surface area contributed by atoms with Crippen molar-refractivity contribution in [2.24, 2.45) is 0 Å². The topological polar surface area (TPSA) is 71.5 Å². The highest BCUT2D eigenvalue weighted by Gasteiger charge is 2.26. The largest absolute Gasteiger partial charge is 0.508 e. The summed E-state index contributed by atoms with van der Waals surface area (Å²) in [5.41, 5.74) is 1.71. The third-order valence-corrected chi connectivity index (χ3v) is 7.35. The standard InChI is InChI=1S/C28H36N2O5/c31-25-9-8-21(17-28(32)34-20-24-19-33-26-6-2-3-7-27(26)35-24)16-22(25)18-29-14-10-23(11-15-29)30-12-4-1-5-13-30/h2-3,6-9,16,23-24,31H,1,4-5,10-15,17-20H2. The van der Waals surface area contributed by atoms with Gasteiger partial charge in [0.1, 0.15) is 19.0 Å². The Morgan fingerprint density at radius 2 is 1.77 bits per heavy atom. The van der Waals surface area contributed by atoms with Gasteiger partial charge in [-0.15, -0.1) is 0 Å². The SMILES string of the molecule is O=C(Cc1ccc(O)c(CN2CCC(N3CCCCC3)CC2)c1)OCC1COc2ccccc2O1. The lowest BCUT2D eigenvalue weighted by Crippen LogP contribution is -2.46. The van der Waals surface area contributed by atoms with Crippen molar-refractivity contribution in [1.29, 1.82) is 0 Å². The normalized spacial score (nSPS) is 21.5. The summed E-state index contributed by atoms with van der Waals surface area (Å²) in [5.74, 6) is 1.35. The van der Waals surface area contributed by atoms with Gasteiger partial charge in [0.05, 0.1) is 6.42 Å². The number of phenols is 1. The molecule has 188 valence electrons. The monoisotopic (exact) mass is 480 g/mol. The summed E-state index contributed by atoms with van der Waals surface area (Å²) in [5, 5.41) is 10.4. The number of esters is 1. The van der Waals surface area contributed by atoms with E-state index in [2.05, 4.69) is 9.80 Å². The number of para-hydroxylation sites is 2. The predicted octanol–water partition coefficient (Wildman–Crippen LogP) is 3.77. The Morgan fingerprint density at radius 1 is 1.00 bits per heavy atom. The van der Waals surface area contributed by atoms with Gasteiger partial charge in [0.2, 0.25) is 0 Å². The number of rotatable bonds is 7. The lowest BCUT2D eigenvalue weighted by Gasteiger charge is -2.40. The van der Waals surface area contributed by atoms with E-state index in [1.54, 1.807) is 12.1 Å². The number of fused-ring (bicyclic) bond motifs is 1. The second-order valence-corrected chi connectivity index (χ2v) is 9.92. The molecule has 2 saturated heterocycles. The van der Waals surface area contributed by atoms with Gasteiger partial charge in [-0.05, 0) is 75.6 Å². The average Bonchev–Trinajstić information content (AvgIpc) is 2.90. The molecule has 0 spiro atoms. The number of ether oxygens (including phenoxy) is 3. The molecule has 2 aromatic carbocycles. The average molecular weight is 481 g/mol. The molecule has 0 amide bonds. The summed E-state index contributed by atoms with van der Waals surface area (Å²) in [6, 6.07) is 13.6. The van der Waals surface area contributed by atoms with Crippen molar-refractivity contribution >= 4 is 5.97 Å². The molecule has 0 bridgehead atoms. The van der Waals surface area contributed by atoms with Crippen LogP contribution in [-0.4, -0.2) is 72.4 Å². The lowest BCUT2D eigenvalue weighted by atomic mass is 9.99. The van der Waals surface area contributed by atoms with Crippen molar-refractivity contribution in [3.8, 4) is 17.2 Å². The molecule has 3 aliphatic heterocycles. The summed E-state index contributed by atoms with van der Waals surface area (Å²) in [7, 11) is 0. The number of carbonyl (C=O) groups excluding carboxylic acids is 1. The molecule has 35 heavy (non-hydrogen) atoms. The van der Waals surface area contributed by atoms with Gasteiger partial charge in [-0.25, -0.2) is 0 Å². The van der Waals surface area contributed by atoms with Gasteiger partial charge in [-0.2, -0.15) is 0 Å². The van der Waals surface area contributed by atoms with Crippen LogP contribution >= 0.6 is 0 Å². The highest BCUT2D eigenvalue weighted by molar-refractivity contribution is 5.72. The van der Waals surface area contributed by atoms with Gasteiger partial charge in [0.25, 0.3) is 0 Å². The molecule has 3 heterocycles. The van der Waals surface area contributed by atoms with Crippen LogP contribution in [0.5, 0.6) is 17.2 Å². The first-order chi connectivity index (χ1) is 17.1. The molecule has 3 aliphatic rings. The van der Waals surface area contributed by atoms with Crippen molar-refractivity contribution in [3.63, 3.8) is 0 Å². The molecule has 1 atom stereocenters. The third kappa shape index (κ3) is 6.27. The Hall–Kier alpha value is -2.77. The third-order valence-electron chi connectivity index (χ3n) is 7.35. The molecule has 0 saturated carbocycles. The van der Waals surface area contributed by atoms with Gasteiger partial charge < -0.3 is 24.2 Å². The minimum absolute atomic E-state index is 0.143. The van der Waals surface area contributed by atoms with Crippen LogP contribution in [-0.2, 0) is 22.5 Å². The van der Waals surface area contributed by atoms with Crippen LogP contribution in [0.3, 0.4) is 0 Å². The zero-order valence-corrected chi connectivity index (χ0v) is 20.4. The molecule has 5 rings (SSSR count). The number of piperidine rings is 2. The second-order valence-electron chi connectivity index (χ2n) is 9.92. The van der Waals surface area contributed by atoms with Crippen molar-refractivity contribution in [1.82, 2.24) is 9.80 Å². The van der Waals surface area contributed by atoms with E-state index in [1.807, 2.05) is 30.3 Å². The lowest BCUT2D eigenvalue weighted by molar-refractivity contribution is -0.146. The maximum Gasteiger partial charge on any atom is 0.310 e. The number of hydrogen-bond donors (Lipinski definition) is 1. The van der Waals surface area contributed by atoms with Crippen LogP contribution in [0.1, 0.15) is 43.2 Å². The molecule has 0 aliphatic carbocycles. The quantitative estimate of drug-likeness (QED) is 0.605. The summed E-state index contributed by atoms with van der Waals surface area (Å²) in [6.07, 6.45) is 6.24. The summed E-state index contributed by atoms with van der Waals surface area (Å²) < 4.78 is 17.0. The summed E-state index contributed by atoms with van der Waals surface area (Å²) in [4.78, 5) is 17.6. The molecular formula is C28H36N2O5. The van der Waals surface area contributed by atoms with E-state index in [4.69, 9.17) is 14.2 Å². The number of carbonyl (C=O) groups is 1. The summed E-state index contributed by atoms with van der Waals surface area (Å²) in [6.45, 7) is 5.77. The Morgan fingerprint density at radius 3 is 2.57 bits per heavy atom. The molecule has 7 heteroatoms. The Balaban J connectivity index is 1.09. The van der Waals surface area contributed by atoms with Crippen molar-refractivity contribution < 1.29 is 24.1 Å². The van der Waals surface area contributed by atoms with Crippen molar-refractivity contribution in [2.45, 2.75) is 57.2 Å². The zero-order chi connectivity index (χ0) is 24.0. The zero-order valence-electron chi connectivity index (χ0n) is 20.4. The van der Waals surface area contributed by atoms with Crippen molar-refractivity contribution in [2.75, 3.05) is 39.4 Å². The fourth-order valence-electron chi connectivity index (χ4n) is 5.39. The first-order valence-corrected chi connectivity index (χ1v) is 13.0. The van der Waals surface area contributed by atoms with Gasteiger partial charge >= 0.3 is 5.97 Å². The number of nitrogens with zero attached hydrogens (tertiary/aromatic N) is 2. The van der Waals surface area contributed by atoms with Gasteiger partial charge in [-0.3, -0.25) is 9.69 Å². The smallest absolute Gasteiger partial charge is 0.310 e. The second kappa shape index (κ2) is 11.3. The van der Waals surface area contributed by atoms with Crippen LogP contribution < -0.4 is 9.47 Å². The molecule has 2 aromatic rings. The minimum Gasteiger partial charge on any atom is -0.508 e. The summed E-state index contributed by atoms with van der Waals surface area (Å²) >= 11 is 0. The molecular weight excluding hydrogens is 444 g/mol. The van der Waals surface area contributed by atoms with E-state index < -0.39 is 0 Å². The van der Waals surface area contributed by atoms with E-state index in [9.17, 15) is 9.90 Å². The van der Waals surface area contributed by atoms with Crippen LogP contribution in [0, 0.1) is 0 Å². The Bertz CT molecular complexity index is 999. The first kappa shape index (κ1) is 23.9.